The molecule has 0 aromatic carbocycles. The van der Waals surface area contributed by atoms with Gasteiger partial charge in [0.05, 0.1) is 0 Å². The summed E-state index contributed by atoms with van der Waals surface area (Å²) >= 11 is 0. The predicted octanol–water partition coefficient (Wildman–Crippen LogP) is 2.04. The average Bonchev–Trinajstić information content (AvgIpc) is 2.75. The van der Waals surface area contributed by atoms with Crippen LogP contribution in [0.2, 0.25) is 0 Å². The Morgan fingerprint density at radius 2 is 2.08 bits per heavy atom. The summed E-state index contributed by atoms with van der Waals surface area (Å²) in [6.07, 6.45) is 2.56. The lowest BCUT2D eigenvalue weighted by atomic mass is 10.4. The van der Waals surface area contributed by atoms with E-state index in [0.717, 1.165) is 11.6 Å². The highest BCUT2D eigenvalue weighted by atomic mass is 15.4. The summed E-state index contributed by atoms with van der Waals surface area (Å²) in [6, 6.07) is 0.435. The van der Waals surface area contributed by atoms with Gasteiger partial charge in [-0.05, 0) is 33.6 Å². The van der Waals surface area contributed by atoms with Crippen molar-refractivity contribution >= 4 is 0 Å². The maximum Gasteiger partial charge on any atom is 0.154 e. The lowest BCUT2D eigenvalue weighted by Crippen LogP contribution is -2.05. The SMILES string of the molecule is Cc1nc(C2CC2)nn1C(C)C. The molecule has 0 unspecified atom stereocenters. The van der Waals surface area contributed by atoms with Gasteiger partial charge in [-0.3, -0.25) is 0 Å². The molecule has 0 bridgehead atoms. The highest BCUT2D eigenvalue weighted by Crippen LogP contribution is 2.38. The van der Waals surface area contributed by atoms with E-state index in [1.165, 1.54) is 12.8 Å². The van der Waals surface area contributed by atoms with Crippen LogP contribution in [0.25, 0.3) is 0 Å². The van der Waals surface area contributed by atoms with E-state index in [0.29, 0.717) is 12.0 Å². The molecule has 0 amide bonds. The molecule has 1 aliphatic rings. The molecule has 66 valence electrons. The van der Waals surface area contributed by atoms with Crippen LogP contribution in [-0.4, -0.2) is 14.8 Å². The smallest absolute Gasteiger partial charge is 0.154 e. The number of aromatic nitrogens is 3. The molecule has 0 N–H and O–H groups in total. The molecule has 0 saturated heterocycles. The Morgan fingerprint density at radius 3 is 2.50 bits per heavy atom. The van der Waals surface area contributed by atoms with Crippen molar-refractivity contribution in [1.29, 1.82) is 0 Å². The summed E-state index contributed by atoms with van der Waals surface area (Å²) < 4.78 is 2.01. The standard InChI is InChI=1S/C9H15N3/c1-6(2)12-7(3)10-9(11-12)8-4-5-8/h6,8H,4-5H2,1-3H3. The lowest BCUT2D eigenvalue weighted by molar-refractivity contribution is 0.512. The third-order valence-corrected chi connectivity index (χ3v) is 2.25. The molecule has 1 aromatic heterocycles. The first kappa shape index (κ1) is 7.77. The molecule has 1 aromatic rings. The van der Waals surface area contributed by atoms with Crippen LogP contribution in [0.5, 0.6) is 0 Å². The summed E-state index contributed by atoms with van der Waals surface area (Å²) in [5, 5.41) is 4.48. The van der Waals surface area contributed by atoms with Crippen LogP contribution in [-0.2, 0) is 0 Å². The van der Waals surface area contributed by atoms with Gasteiger partial charge < -0.3 is 0 Å². The molecule has 0 atom stereocenters. The minimum Gasteiger partial charge on any atom is -0.248 e. The third kappa shape index (κ3) is 1.24. The Kier molecular flexibility index (Phi) is 1.67. The zero-order valence-corrected chi connectivity index (χ0v) is 7.91. The van der Waals surface area contributed by atoms with Crippen LogP contribution >= 0.6 is 0 Å². The number of aryl methyl sites for hydroxylation is 1. The van der Waals surface area contributed by atoms with Crippen molar-refractivity contribution in [2.24, 2.45) is 0 Å². The lowest BCUT2D eigenvalue weighted by Gasteiger charge is -2.04. The molecule has 0 aliphatic heterocycles. The van der Waals surface area contributed by atoms with Crippen molar-refractivity contribution < 1.29 is 0 Å². The van der Waals surface area contributed by atoms with E-state index in [9.17, 15) is 0 Å². The average molecular weight is 165 g/mol. The molecule has 2 rings (SSSR count). The fourth-order valence-electron chi connectivity index (χ4n) is 1.43. The van der Waals surface area contributed by atoms with Gasteiger partial charge in [-0.25, -0.2) is 9.67 Å². The van der Waals surface area contributed by atoms with Gasteiger partial charge in [0.1, 0.15) is 5.82 Å². The van der Waals surface area contributed by atoms with E-state index in [4.69, 9.17) is 0 Å². The van der Waals surface area contributed by atoms with E-state index >= 15 is 0 Å². The Balaban J connectivity index is 2.30. The third-order valence-electron chi connectivity index (χ3n) is 2.25. The quantitative estimate of drug-likeness (QED) is 0.671. The van der Waals surface area contributed by atoms with Gasteiger partial charge in [-0.2, -0.15) is 5.10 Å². The van der Waals surface area contributed by atoms with E-state index in [-0.39, 0.29) is 0 Å². The fourth-order valence-corrected chi connectivity index (χ4v) is 1.43. The molecule has 0 spiro atoms. The molecule has 3 heteroatoms. The monoisotopic (exact) mass is 165 g/mol. The summed E-state index contributed by atoms with van der Waals surface area (Å²) in [7, 11) is 0. The number of hydrogen-bond donors (Lipinski definition) is 0. The zero-order valence-electron chi connectivity index (χ0n) is 7.91. The second kappa shape index (κ2) is 2.57. The van der Waals surface area contributed by atoms with Gasteiger partial charge in [0.2, 0.25) is 0 Å². The van der Waals surface area contributed by atoms with Gasteiger partial charge in [-0.1, -0.05) is 0 Å². The second-order valence-corrected chi connectivity index (χ2v) is 3.83. The Morgan fingerprint density at radius 1 is 1.42 bits per heavy atom. The molecule has 1 fully saturated rings. The molecule has 1 saturated carbocycles. The molecule has 1 aliphatic carbocycles. The summed E-state index contributed by atoms with van der Waals surface area (Å²) in [6.45, 7) is 6.30. The first-order valence-corrected chi connectivity index (χ1v) is 4.61. The van der Waals surface area contributed by atoms with Crippen molar-refractivity contribution in [3.63, 3.8) is 0 Å². The van der Waals surface area contributed by atoms with Gasteiger partial charge >= 0.3 is 0 Å². The highest BCUT2D eigenvalue weighted by molar-refractivity contribution is 5.05. The van der Waals surface area contributed by atoms with Crippen LogP contribution in [0.1, 0.15) is 50.3 Å². The van der Waals surface area contributed by atoms with Crippen molar-refractivity contribution in [1.82, 2.24) is 14.8 Å². The van der Waals surface area contributed by atoms with Crippen LogP contribution in [0.15, 0.2) is 0 Å². The van der Waals surface area contributed by atoms with Crippen molar-refractivity contribution in [2.75, 3.05) is 0 Å². The topological polar surface area (TPSA) is 30.7 Å². The maximum absolute atomic E-state index is 4.48. The Labute approximate surface area is 72.8 Å². The number of rotatable bonds is 2. The molecule has 0 radical (unpaired) electrons. The predicted molar refractivity (Wildman–Crippen MR) is 47.1 cm³/mol. The molecule has 1 heterocycles. The van der Waals surface area contributed by atoms with Crippen molar-refractivity contribution in [2.45, 2.75) is 45.6 Å². The second-order valence-electron chi connectivity index (χ2n) is 3.83. The van der Waals surface area contributed by atoms with Gasteiger partial charge in [0, 0.05) is 12.0 Å². The van der Waals surface area contributed by atoms with Crippen molar-refractivity contribution in [3.05, 3.63) is 11.6 Å². The summed E-state index contributed by atoms with van der Waals surface area (Å²) in [5.74, 6) is 2.77. The minimum absolute atomic E-state index is 0.435. The maximum atomic E-state index is 4.48. The Bertz CT molecular complexity index is 284. The van der Waals surface area contributed by atoms with E-state index in [2.05, 4.69) is 23.9 Å². The Hall–Kier alpha value is -0.860. The van der Waals surface area contributed by atoms with Gasteiger partial charge in [0.15, 0.2) is 5.82 Å². The molecule has 12 heavy (non-hydrogen) atoms. The largest absolute Gasteiger partial charge is 0.248 e. The van der Waals surface area contributed by atoms with E-state index in [1.54, 1.807) is 0 Å². The van der Waals surface area contributed by atoms with Crippen LogP contribution in [0.4, 0.5) is 0 Å². The zero-order chi connectivity index (χ0) is 8.72. The first-order chi connectivity index (χ1) is 5.68. The van der Waals surface area contributed by atoms with Crippen LogP contribution in [0, 0.1) is 6.92 Å². The van der Waals surface area contributed by atoms with E-state index < -0.39 is 0 Å². The normalized spacial score (nSPS) is 17.3. The van der Waals surface area contributed by atoms with E-state index in [1.807, 2.05) is 11.6 Å². The number of hydrogen-bond acceptors (Lipinski definition) is 2. The first-order valence-electron chi connectivity index (χ1n) is 4.61. The molecular weight excluding hydrogens is 150 g/mol. The summed E-state index contributed by atoms with van der Waals surface area (Å²) in [4.78, 5) is 4.45. The van der Waals surface area contributed by atoms with Crippen LogP contribution < -0.4 is 0 Å². The molecule has 3 nitrogen and oxygen atoms in total. The molecular formula is C9H15N3. The minimum atomic E-state index is 0.435. The fraction of sp³-hybridized carbons (Fsp3) is 0.778. The highest BCUT2D eigenvalue weighted by Gasteiger charge is 2.28. The van der Waals surface area contributed by atoms with Crippen molar-refractivity contribution in [3.8, 4) is 0 Å². The number of nitrogens with zero attached hydrogens (tertiary/aromatic N) is 3. The summed E-state index contributed by atoms with van der Waals surface area (Å²) in [5.41, 5.74) is 0. The van der Waals surface area contributed by atoms with Crippen LogP contribution in [0.3, 0.4) is 0 Å². The van der Waals surface area contributed by atoms with Gasteiger partial charge in [0.25, 0.3) is 0 Å². The van der Waals surface area contributed by atoms with Gasteiger partial charge in [-0.15, -0.1) is 0 Å².